The molecular weight excluding hydrogens is 428 g/mol. The molecule has 1 amide bonds. The summed E-state index contributed by atoms with van der Waals surface area (Å²) < 4.78 is 24.4. The van der Waals surface area contributed by atoms with Gasteiger partial charge < -0.3 is 4.90 Å². The van der Waals surface area contributed by atoms with Gasteiger partial charge in [0, 0.05) is 16.0 Å². The van der Waals surface area contributed by atoms with E-state index in [-0.39, 0.29) is 35.1 Å². The molecule has 0 aliphatic carbocycles. The number of aliphatic imine (C=N–C) groups is 1. The topological polar surface area (TPSA) is 66.8 Å². The first-order chi connectivity index (χ1) is 13.7. The number of carbonyl (C=O) groups is 1. The predicted molar refractivity (Wildman–Crippen MR) is 120 cm³/mol. The van der Waals surface area contributed by atoms with Crippen LogP contribution in [0.15, 0.2) is 47.5 Å². The standard InChI is InChI=1S/C21H21ClN2O3S2/c1-13-6-5-9-17(14(13)2)24-18-11-29(26,27)12-19(18)28-21(24)23-20(25)10-15-7-3-4-8-16(15)22/h3-9,18-19H,10-12H2,1-2H3. The molecule has 8 heteroatoms. The maximum Gasteiger partial charge on any atom is 0.252 e. The molecule has 0 bridgehead atoms. The minimum Gasteiger partial charge on any atom is -0.315 e. The van der Waals surface area contributed by atoms with Crippen molar-refractivity contribution in [2.45, 2.75) is 31.6 Å². The van der Waals surface area contributed by atoms with Gasteiger partial charge in [-0.3, -0.25) is 4.79 Å². The Hall–Kier alpha value is -1.83. The number of amidine groups is 1. The van der Waals surface area contributed by atoms with Crippen LogP contribution in [0.1, 0.15) is 16.7 Å². The van der Waals surface area contributed by atoms with Crippen molar-refractivity contribution in [1.29, 1.82) is 0 Å². The Bertz CT molecular complexity index is 1110. The Labute approximate surface area is 180 Å². The highest BCUT2D eigenvalue weighted by molar-refractivity contribution is 8.16. The number of carbonyl (C=O) groups excluding carboxylic acids is 1. The van der Waals surface area contributed by atoms with Crippen molar-refractivity contribution in [3.8, 4) is 0 Å². The normalized spacial score (nSPS) is 24.1. The van der Waals surface area contributed by atoms with E-state index < -0.39 is 9.84 Å². The zero-order valence-electron chi connectivity index (χ0n) is 16.1. The first kappa shape index (κ1) is 20.4. The fraction of sp³-hybridized carbons (Fsp3) is 0.333. The molecule has 2 saturated heterocycles. The molecule has 152 valence electrons. The lowest BCUT2D eigenvalue weighted by Crippen LogP contribution is -2.38. The van der Waals surface area contributed by atoms with Crippen LogP contribution in [0.5, 0.6) is 0 Å². The van der Waals surface area contributed by atoms with Crippen LogP contribution in [0, 0.1) is 13.8 Å². The predicted octanol–water partition coefficient (Wildman–Crippen LogP) is 3.80. The summed E-state index contributed by atoms with van der Waals surface area (Å²) in [4.78, 5) is 19.0. The Morgan fingerprint density at radius 2 is 1.93 bits per heavy atom. The molecule has 0 N–H and O–H groups in total. The van der Waals surface area contributed by atoms with Crippen molar-refractivity contribution in [3.63, 3.8) is 0 Å². The third kappa shape index (κ3) is 4.09. The van der Waals surface area contributed by atoms with Crippen molar-refractivity contribution in [2.75, 3.05) is 16.4 Å². The van der Waals surface area contributed by atoms with Crippen molar-refractivity contribution >= 4 is 50.0 Å². The van der Waals surface area contributed by atoms with Crippen LogP contribution in [0.3, 0.4) is 0 Å². The molecule has 2 aliphatic heterocycles. The fourth-order valence-corrected chi connectivity index (χ4v) is 7.92. The quantitative estimate of drug-likeness (QED) is 0.714. The largest absolute Gasteiger partial charge is 0.315 e. The number of benzene rings is 2. The van der Waals surface area contributed by atoms with E-state index in [9.17, 15) is 13.2 Å². The fourth-order valence-electron chi connectivity index (χ4n) is 3.79. The van der Waals surface area contributed by atoms with E-state index in [1.807, 2.05) is 55.1 Å². The van der Waals surface area contributed by atoms with Crippen LogP contribution in [0.2, 0.25) is 5.02 Å². The first-order valence-electron chi connectivity index (χ1n) is 9.32. The van der Waals surface area contributed by atoms with Gasteiger partial charge in [-0.1, -0.05) is 53.7 Å². The number of anilines is 1. The van der Waals surface area contributed by atoms with E-state index in [2.05, 4.69) is 4.99 Å². The monoisotopic (exact) mass is 448 g/mol. The van der Waals surface area contributed by atoms with Crippen LogP contribution < -0.4 is 4.90 Å². The van der Waals surface area contributed by atoms with Crippen molar-refractivity contribution in [1.82, 2.24) is 0 Å². The Morgan fingerprint density at radius 3 is 2.69 bits per heavy atom. The van der Waals surface area contributed by atoms with Gasteiger partial charge in [-0.15, -0.1) is 0 Å². The third-order valence-corrected chi connectivity index (χ3v) is 9.00. The second-order valence-corrected chi connectivity index (χ2v) is 11.2. The Balaban J connectivity index is 1.70. The van der Waals surface area contributed by atoms with Crippen LogP contribution >= 0.6 is 23.4 Å². The summed E-state index contributed by atoms with van der Waals surface area (Å²) >= 11 is 7.56. The Kier molecular flexibility index (Phi) is 5.48. The molecule has 2 atom stereocenters. The highest BCUT2D eigenvalue weighted by Gasteiger charge is 2.49. The lowest BCUT2D eigenvalue weighted by atomic mass is 10.1. The second-order valence-electron chi connectivity index (χ2n) is 7.45. The summed E-state index contributed by atoms with van der Waals surface area (Å²) in [7, 11) is -3.10. The van der Waals surface area contributed by atoms with Crippen molar-refractivity contribution < 1.29 is 13.2 Å². The summed E-state index contributed by atoms with van der Waals surface area (Å²) in [5.74, 6) is -0.101. The van der Waals surface area contributed by atoms with Gasteiger partial charge in [-0.25, -0.2) is 8.42 Å². The molecule has 0 saturated carbocycles. The molecule has 29 heavy (non-hydrogen) atoms. The highest BCUT2D eigenvalue weighted by atomic mass is 35.5. The lowest BCUT2D eigenvalue weighted by Gasteiger charge is -2.26. The van der Waals surface area contributed by atoms with Crippen molar-refractivity contribution in [2.24, 2.45) is 4.99 Å². The van der Waals surface area contributed by atoms with Gasteiger partial charge in [-0.05, 0) is 42.7 Å². The van der Waals surface area contributed by atoms with Crippen LogP contribution in [-0.2, 0) is 21.1 Å². The SMILES string of the molecule is Cc1cccc(N2C(=NC(=O)Cc3ccccc3Cl)SC3CS(=O)(=O)CC32)c1C. The van der Waals surface area contributed by atoms with Gasteiger partial charge >= 0.3 is 0 Å². The minimum atomic E-state index is -3.10. The number of rotatable bonds is 3. The summed E-state index contributed by atoms with van der Waals surface area (Å²) in [6.07, 6.45) is 0.109. The number of hydrogen-bond donors (Lipinski definition) is 0. The third-order valence-electron chi connectivity index (χ3n) is 5.42. The molecule has 0 spiro atoms. The maximum absolute atomic E-state index is 12.7. The average Bonchev–Trinajstić information content (AvgIpc) is 3.10. The zero-order valence-corrected chi connectivity index (χ0v) is 18.5. The number of thioether (sulfide) groups is 1. The molecule has 0 radical (unpaired) electrons. The van der Waals surface area contributed by atoms with Gasteiger partial charge in [0.25, 0.3) is 5.91 Å². The number of amides is 1. The van der Waals surface area contributed by atoms with Gasteiger partial charge in [0.2, 0.25) is 0 Å². The second kappa shape index (κ2) is 7.78. The number of nitrogens with zero attached hydrogens (tertiary/aromatic N) is 2. The summed E-state index contributed by atoms with van der Waals surface area (Å²) in [5, 5.41) is 0.988. The van der Waals surface area contributed by atoms with Crippen LogP contribution in [0.4, 0.5) is 5.69 Å². The molecule has 2 aromatic rings. The van der Waals surface area contributed by atoms with E-state index in [4.69, 9.17) is 11.6 Å². The van der Waals surface area contributed by atoms with E-state index in [0.717, 1.165) is 22.4 Å². The molecule has 4 rings (SSSR count). The van der Waals surface area contributed by atoms with Crippen LogP contribution in [-0.4, -0.2) is 42.3 Å². The molecule has 2 unspecified atom stereocenters. The van der Waals surface area contributed by atoms with Gasteiger partial charge in [0.1, 0.15) is 0 Å². The van der Waals surface area contributed by atoms with Crippen molar-refractivity contribution in [3.05, 3.63) is 64.2 Å². The smallest absolute Gasteiger partial charge is 0.252 e. The molecule has 2 aliphatic rings. The molecular formula is C21H21ClN2O3S2. The molecule has 5 nitrogen and oxygen atoms in total. The Morgan fingerprint density at radius 1 is 1.17 bits per heavy atom. The zero-order chi connectivity index (χ0) is 20.8. The maximum atomic E-state index is 12.7. The number of fused-ring (bicyclic) bond motifs is 1. The summed E-state index contributed by atoms with van der Waals surface area (Å²) in [6.45, 7) is 4.03. The van der Waals surface area contributed by atoms with E-state index in [1.54, 1.807) is 6.07 Å². The summed E-state index contributed by atoms with van der Waals surface area (Å²) in [6, 6.07) is 12.9. The van der Waals surface area contributed by atoms with Crippen LogP contribution in [0.25, 0.3) is 0 Å². The number of sulfone groups is 1. The molecule has 0 aromatic heterocycles. The number of hydrogen-bond acceptors (Lipinski definition) is 4. The highest BCUT2D eigenvalue weighted by Crippen LogP contribution is 2.42. The lowest BCUT2D eigenvalue weighted by molar-refractivity contribution is -0.117. The van der Waals surface area contributed by atoms with E-state index in [1.165, 1.54) is 11.8 Å². The van der Waals surface area contributed by atoms with Gasteiger partial charge in [-0.2, -0.15) is 4.99 Å². The molecule has 2 fully saturated rings. The van der Waals surface area contributed by atoms with Gasteiger partial charge in [0.05, 0.1) is 24.0 Å². The first-order valence-corrected chi connectivity index (χ1v) is 12.4. The van der Waals surface area contributed by atoms with E-state index in [0.29, 0.717) is 10.2 Å². The summed E-state index contributed by atoms with van der Waals surface area (Å²) in [5.41, 5.74) is 3.81. The minimum absolute atomic E-state index is 0.0791. The number of aryl methyl sites for hydroxylation is 1. The number of halogens is 1. The molecule has 2 aromatic carbocycles. The van der Waals surface area contributed by atoms with Gasteiger partial charge in [0.15, 0.2) is 15.0 Å². The molecule has 2 heterocycles. The average molecular weight is 449 g/mol. The van der Waals surface area contributed by atoms with E-state index >= 15 is 0 Å².